The molecule has 302 valence electrons. The van der Waals surface area contributed by atoms with Crippen LogP contribution < -0.4 is 49.1 Å². The smallest absolute Gasteiger partial charge is 0.305 e. The fourth-order valence-electron chi connectivity index (χ4n) is 5.87. The number of nitrogens with one attached hydrogen (secondary N) is 6. The van der Waals surface area contributed by atoms with Crippen molar-refractivity contribution in [1.29, 1.82) is 0 Å². The van der Waals surface area contributed by atoms with E-state index in [-0.39, 0.29) is 25.8 Å². The zero-order valence-corrected chi connectivity index (χ0v) is 30.0. The molecular weight excluding hydrogens is 720 g/mol. The normalized spacial score (nSPS) is 27.8. The monoisotopic (exact) mass is 771 g/mol. The van der Waals surface area contributed by atoms with Crippen LogP contribution in [-0.2, 0) is 47.9 Å². The number of rotatable bonds is 12. The molecule has 9 atom stereocenters. The molecule has 2 aliphatic heterocycles. The van der Waals surface area contributed by atoms with E-state index in [0.29, 0.717) is 19.4 Å². The fourth-order valence-corrected chi connectivity index (χ4v) is 5.87. The molecule has 2 fully saturated rings. The molecule has 0 aromatic rings. The first kappa shape index (κ1) is 44.7. The number of nitrogens with zero attached hydrogens (tertiary/aromatic N) is 1. The third kappa shape index (κ3) is 13.2. The Labute approximate surface area is 309 Å². The van der Waals surface area contributed by atoms with Crippen molar-refractivity contribution >= 4 is 59.1 Å². The molecular formula is C31H51N10O13+. The van der Waals surface area contributed by atoms with E-state index in [9.17, 15) is 63.3 Å². The lowest BCUT2D eigenvalue weighted by Gasteiger charge is -2.31. The van der Waals surface area contributed by atoms with Gasteiger partial charge in [-0.15, -0.1) is 0 Å². The zero-order chi connectivity index (χ0) is 40.9. The molecule has 54 heavy (non-hydrogen) atoms. The third-order valence-electron chi connectivity index (χ3n) is 8.66. The first-order valence-electron chi connectivity index (χ1n) is 17.3. The van der Waals surface area contributed by atoms with Crippen LogP contribution in [0.25, 0.3) is 0 Å². The molecule has 23 heteroatoms. The summed E-state index contributed by atoms with van der Waals surface area (Å²) in [5.41, 5.74) is 14.4. The van der Waals surface area contributed by atoms with E-state index < -0.39 is 133 Å². The lowest BCUT2D eigenvalue weighted by molar-refractivity contribution is -0.368. The number of unbranched alkanes of at least 4 members (excludes halogenated alkanes) is 1. The van der Waals surface area contributed by atoms with Gasteiger partial charge in [0.1, 0.15) is 42.3 Å². The Bertz CT molecular complexity index is 1460. The number of nitrogens with two attached hydrogens (primary N) is 2. The van der Waals surface area contributed by atoms with E-state index >= 15 is 0 Å². The number of primary amides is 2. The summed E-state index contributed by atoms with van der Waals surface area (Å²) in [5, 5.41) is 43.9. The summed E-state index contributed by atoms with van der Waals surface area (Å²) in [4.78, 5) is 131. The minimum Gasteiger partial charge on any atom is -0.481 e. The van der Waals surface area contributed by atoms with E-state index in [1.807, 2.05) is 0 Å². The van der Waals surface area contributed by atoms with Gasteiger partial charge in [-0.1, -0.05) is 0 Å². The quantitative estimate of drug-likeness (QED) is 0.0822. The highest BCUT2D eigenvalue weighted by atomic mass is 16.4. The molecule has 23 nitrogen and oxygen atoms in total. The van der Waals surface area contributed by atoms with E-state index in [4.69, 9.17) is 11.5 Å². The van der Waals surface area contributed by atoms with E-state index in [1.165, 1.54) is 6.92 Å². The van der Waals surface area contributed by atoms with Gasteiger partial charge in [0.05, 0.1) is 38.0 Å². The first-order valence-corrected chi connectivity index (χ1v) is 17.3. The summed E-state index contributed by atoms with van der Waals surface area (Å²) in [6, 6.07) is -11.9. The van der Waals surface area contributed by atoms with Gasteiger partial charge in [-0.25, -0.2) is 0 Å². The van der Waals surface area contributed by atoms with Gasteiger partial charge in [-0.05, 0) is 46.0 Å². The molecule has 0 bridgehead atoms. The Morgan fingerprint density at radius 1 is 0.685 bits per heavy atom. The van der Waals surface area contributed by atoms with Crippen LogP contribution >= 0.6 is 0 Å². The fraction of sp³-hybridized carbons (Fsp3) is 0.677. The SMILES string of the molecule is C[C@@H](O)[C@@H]1NC(=O)[C@H](CC(=O)O)NC(=O)[C@H](CC(N)=O)NC(=O)[C@@H](CCCC[NH3+])NC(=O)[C@H]([C@@H](C)O)NC(=O)[C@H]2CCCN2C(=O)[C@@H](CC(N)=O)NC1=O. The van der Waals surface area contributed by atoms with Crippen molar-refractivity contribution in [3.05, 3.63) is 0 Å². The number of fused-ring (bicyclic) bond motifs is 1. The van der Waals surface area contributed by atoms with Gasteiger partial charge in [0, 0.05) is 6.54 Å². The number of hydrogen-bond donors (Lipinski definition) is 12. The maximum Gasteiger partial charge on any atom is 0.305 e. The Hall–Kier alpha value is -5.42. The van der Waals surface area contributed by atoms with Gasteiger partial charge in [0.25, 0.3) is 0 Å². The molecule has 0 unspecified atom stereocenters. The van der Waals surface area contributed by atoms with Crippen LogP contribution in [0.4, 0.5) is 0 Å². The van der Waals surface area contributed by atoms with E-state index in [2.05, 4.69) is 37.6 Å². The highest BCUT2D eigenvalue weighted by molar-refractivity contribution is 6.01. The molecule has 2 heterocycles. The Morgan fingerprint density at radius 3 is 1.63 bits per heavy atom. The third-order valence-corrected chi connectivity index (χ3v) is 8.66. The summed E-state index contributed by atoms with van der Waals surface area (Å²) in [6.07, 6.45) is -5.00. The van der Waals surface area contributed by atoms with Crippen molar-refractivity contribution in [2.45, 2.75) is 120 Å². The van der Waals surface area contributed by atoms with Gasteiger partial charge in [-0.2, -0.15) is 0 Å². The number of aliphatic hydroxyl groups is 2. The summed E-state index contributed by atoms with van der Waals surface area (Å²) < 4.78 is 0. The standard InChI is InChI=1S/C31H50N10O13/c1-13(42)23-30(53)38-18(11-21(34)45)31(54)41-9-5-7-19(41)28(51)40-24(14(2)43)29(52)35-15(6-3-4-8-32)25(48)36-16(10-20(33)44)26(49)37-17(12-22(46)47)27(50)39-23/h13-19,23-24,42-43H,3-12,32H2,1-2H3,(H2,33,44)(H2,34,45)(H,35,52)(H,36,48)(H,37,49)(H,38,53)(H,39,50)(H,40,51)(H,46,47)/p+1/t13-,14-,15-,16+,17+,18-,19-,23+,24+/m1/s1. The van der Waals surface area contributed by atoms with Crippen molar-refractivity contribution in [2.24, 2.45) is 11.5 Å². The number of aliphatic hydroxyl groups excluding tert-OH is 2. The Balaban J connectivity index is 2.70. The second-order valence-electron chi connectivity index (χ2n) is 13.2. The zero-order valence-electron chi connectivity index (χ0n) is 30.0. The van der Waals surface area contributed by atoms with E-state index in [1.54, 1.807) is 0 Å². The van der Waals surface area contributed by atoms with Crippen molar-refractivity contribution in [1.82, 2.24) is 36.8 Å². The van der Waals surface area contributed by atoms with Crippen LogP contribution in [0.3, 0.4) is 0 Å². The Kier molecular flexibility index (Phi) is 17.2. The Morgan fingerprint density at radius 2 is 1.13 bits per heavy atom. The number of quaternary nitrogens is 1. The second kappa shape index (κ2) is 20.7. The summed E-state index contributed by atoms with van der Waals surface area (Å²) in [5.74, 6) is -11.6. The van der Waals surface area contributed by atoms with Gasteiger partial charge >= 0.3 is 5.97 Å². The number of carboxylic acids is 1. The molecule has 2 rings (SSSR count). The summed E-state index contributed by atoms with van der Waals surface area (Å²) >= 11 is 0. The summed E-state index contributed by atoms with van der Waals surface area (Å²) in [7, 11) is 0. The summed E-state index contributed by atoms with van der Waals surface area (Å²) in [6.45, 7) is 2.63. The number of carbonyl (C=O) groups is 10. The van der Waals surface area contributed by atoms with Crippen LogP contribution in [0, 0.1) is 0 Å². The highest BCUT2D eigenvalue weighted by Gasteiger charge is 2.42. The first-order chi connectivity index (χ1) is 25.3. The van der Waals surface area contributed by atoms with E-state index in [0.717, 1.165) is 11.8 Å². The van der Waals surface area contributed by atoms with Crippen LogP contribution in [0.15, 0.2) is 0 Å². The molecule has 0 aromatic heterocycles. The van der Waals surface area contributed by atoms with Crippen molar-refractivity contribution < 1.29 is 69.0 Å². The maximum atomic E-state index is 13.8. The van der Waals surface area contributed by atoms with Gasteiger partial charge in [0.15, 0.2) is 0 Å². The van der Waals surface area contributed by atoms with Gasteiger partial charge in [0.2, 0.25) is 53.2 Å². The number of hydrogen-bond acceptors (Lipinski definition) is 12. The average molecular weight is 772 g/mol. The molecule has 0 saturated carbocycles. The van der Waals surface area contributed by atoms with Gasteiger partial charge < -0.3 is 69.3 Å². The molecule has 0 aliphatic carbocycles. The molecule has 0 aromatic carbocycles. The van der Waals surface area contributed by atoms with Crippen molar-refractivity contribution in [3.63, 3.8) is 0 Å². The number of carbonyl (C=O) groups excluding carboxylic acids is 9. The van der Waals surface area contributed by atoms with Crippen molar-refractivity contribution in [2.75, 3.05) is 13.1 Å². The lowest BCUT2D eigenvalue weighted by atomic mass is 10.0. The molecule has 2 aliphatic rings. The largest absolute Gasteiger partial charge is 0.481 e. The predicted molar refractivity (Wildman–Crippen MR) is 181 cm³/mol. The molecule has 9 amide bonds. The second-order valence-corrected chi connectivity index (χ2v) is 13.2. The minimum absolute atomic E-state index is 0.0538. The maximum absolute atomic E-state index is 13.8. The van der Waals surface area contributed by atoms with Crippen LogP contribution in [0.1, 0.15) is 65.2 Å². The molecule has 0 spiro atoms. The molecule has 0 radical (unpaired) electrons. The highest BCUT2D eigenvalue weighted by Crippen LogP contribution is 2.20. The van der Waals surface area contributed by atoms with Crippen molar-refractivity contribution in [3.8, 4) is 0 Å². The van der Waals surface area contributed by atoms with Crippen LogP contribution in [-0.4, -0.2) is 147 Å². The van der Waals surface area contributed by atoms with Crippen LogP contribution in [0.5, 0.6) is 0 Å². The van der Waals surface area contributed by atoms with Crippen LogP contribution in [0.2, 0.25) is 0 Å². The minimum atomic E-state index is -1.99. The number of amides is 9. The lowest BCUT2D eigenvalue weighted by Crippen LogP contribution is -2.62. The predicted octanol–water partition coefficient (Wildman–Crippen LogP) is -7.70. The average Bonchev–Trinajstić information content (AvgIpc) is 3.56. The number of carboxylic acid groups (broad SMARTS) is 1. The topological polar surface area (TPSA) is 386 Å². The number of aliphatic carboxylic acids is 1. The molecule has 2 saturated heterocycles. The van der Waals surface area contributed by atoms with Gasteiger partial charge in [-0.3, -0.25) is 47.9 Å². The molecule has 16 N–H and O–H groups in total.